The first kappa shape index (κ1) is 13.6. The van der Waals surface area contributed by atoms with Crippen molar-refractivity contribution >= 4 is 11.7 Å². The van der Waals surface area contributed by atoms with Crippen LogP contribution in [0.4, 0.5) is 5.82 Å². The number of carbonyl (C=O) groups is 1. The Labute approximate surface area is 133 Å². The molecule has 0 saturated carbocycles. The fourth-order valence-corrected chi connectivity index (χ4v) is 2.71. The molecule has 6 heteroatoms. The molecular weight excluding hydrogens is 290 g/mol. The van der Waals surface area contributed by atoms with Crippen LogP contribution in [0.3, 0.4) is 0 Å². The molecule has 114 valence electrons. The molecule has 3 aromatic heterocycles. The third kappa shape index (κ3) is 2.59. The fraction of sp³-hybridized carbons (Fsp3) is 0.176. The van der Waals surface area contributed by atoms with Gasteiger partial charge in [-0.15, -0.1) is 0 Å². The van der Waals surface area contributed by atoms with Crippen LogP contribution in [0.25, 0.3) is 16.9 Å². The highest BCUT2D eigenvalue weighted by molar-refractivity contribution is 5.94. The number of rotatable bonds is 3. The van der Waals surface area contributed by atoms with E-state index in [1.165, 1.54) is 0 Å². The van der Waals surface area contributed by atoms with E-state index in [1.807, 2.05) is 36.5 Å². The average Bonchev–Trinajstić information content (AvgIpc) is 3.25. The van der Waals surface area contributed by atoms with Gasteiger partial charge in [-0.3, -0.25) is 14.7 Å². The van der Waals surface area contributed by atoms with Gasteiger partial charge in [-0.05, 0) is 30.7 Å². The molecule has 3 aromatic rings. The Balaban J connectivity index is 1.66. The van der Waals surface area contributed by atoms with Crippen molar-refractivity contribution in [1.29, 1.82) is 0 Å². The summed E-state index contributed by atoms with van der Waals surface area (Å²) in [6.07, 6.45) is 8.66. The Kier molecular flexibility index (Phi) is 3.34. The number of aromatic nitrogens is 4. The number of amides is 1. The van der Waals surface area contributed by atoms with Gasteiger partial charge in [0, 0.05) is 30.9 Å². The number of carbonyl (C=O) groups excluding carboxylic acids is 1. The molecule has 1 saturated heterocycles. The summed E-state index contributed by atoms with van der Waals surface area (Å²) in [4.78, 5) is 22.3. The lowest BCUT2D eigenvalue weighted by Gasteiger charge is -2.14. The molecular formula is C17H15N5O. The molecule has 4 rings (SSSR count). The summed E-state index contributed by atoms with van der Waals surface area (Å²) in [5.41, 5.74) is 2.60. The van der Waals surface area contributed by atoms with Crippen molar-refractivity contribution < 1.29 is 4.79 Å². The van der Waals surface area contributed by atoms with E-state index >= 15 is 0 Å². The molecule has 0 spiro atoms. The second-order valence-corrected chi connectivity index (χ2v) is 5.41. The van der Waals surface area contributed by atoms with Crippen LogP contribution >= 0.6 is 0 Å². The first-order valence-electron chi connectivity index (χ1n) is 7.54. The van der Waals surface area contributed by atoms with Crippen molar-refractivity contribution in [2.24, 2.45) is 0 Å². The third-order valence-electron chi connectivity index (χ3n) is 3.87. The molecule has 0 atom stereocenters. The zero-order valence-corrected chi connectivity index (χ0v) is 12.5. The van der Waals surface area contributed by atoms with Crippen molar-refractivity contribution in [2.45, 2.75) is 12.8 Å². The number of nitrogens with zero attached hydrogens (tertiary/aromatic N) is 5. The van der Waals surface area contributed by atoms with E-state index in [0.717, 1.165) is 29.9 Å². The Hall–Kier alpha value is -3.02. The van der Waals surface area contributed by atoms with Gasteiger partial charge in [-0.25, -0.2) is 9.67 Å². The SMILES string of the molecule is O=C1CCCN1c1cccc(-c2cnn(-c3cccnc3)c2)n1. The molecule has 0 aromatic carbocycles. The van der Waals surface area contributed by atoms with E-state index in [9.17, 15) is 4.79 Å². The van der Waals surface area contributed by atoms with Gasteiger partial charge in [0.25, 0.3) is 0 Å². The molecule has 0 unspecified atom stereocenters. The Morgan fingerprint density at radius 3 is 2.83 bits per heavy atom. The minimum atomic E-state index is 0.140. The first-order valence-corrected chi connectivity index (χ1v) is 7.54. The molecule has 0 aliphatic carbocycles. The predicted molar refractivity (Wildman–Crippen MR) is 86.2 cm³/mol. The highest BCUT2D eigenvalue weighted by Crippen LogP contribution is 2.24. The summed E-state index contributed by atoms with van der Waals surface area (Å²) in [5.74, 6) is 0.847. The van der Waals surface area contributed by atoms with E-state index in [1.54, 1.807) is 28.2 Å². The van der Waals surface area contributed by atoms with Crippen LogP contribution < -0.4 is 4.90 Å². The number of pyridine rings is 2. The van der Waals surface area contributed by atoms with E-state index in [0.29, 0.717) is 12.2 Å². The van der Waals surface area contributed by atoms with Crippen molar-refractivity contribution in [3.8, 4) is 16.9 Å². The van der Waals surface area contributed by atoms with Crippen LogP contribution in [0.5, 0.6) is 0 Å². The highest BCUT2D eigenvalue weighted by atomic mass is 16.2. The Bertz CT molecular complexity index is 843. The first-order chi connectivity index (χ1) is 11.3. The van der Waals surface area contributed by atoms with Gasteiger partial charge >= 0.3 is 0 Å². The zero-order valence-electron chi connectivity index (χ0n) is 12.5. The average molecular weight is 305 g/mol. The van der Waals surface area contributed by atoms with E-state index in [4.69, 9.17) is 0 Å². The van der Waals surface area contributed by atoms with E-state index in [2.05, 4.69) is 15.1 Å². The van der Waals surface area contributed by atoms with Crippen LogP contribution in [-0.4, -0.2) is 32.2 Å². The topological polar surface area (TPSA) is 63.9 Å². The number of hydrogen-bond acceptors (Lipinski definition) is 4. The van der Waals surface area contributed by atoms with Gasteiger partial charge < -0.3 is 0 Å². The smallest absolute Gasteiger partial charge is 0.228 e. The van der Waals surface area contributed by atoms with Crippen LogP contribution in [-0.2, 0) is 4.79 Å². The van der Waals surface area contributed by atoms with Crippen LogP contribution in [0.1, 0.15) is 12.8 Å². The van der Waals surface area contributed by atoms with Gasteiger partial charge in [0.1, 0.15) is 5.82 Å². The fourth-order valence-electron chi connectivity index (χ4n) is 2.71. The molecule has 1 aliphatic heterocycles. The van der Waals surface area contributed by atoms with Gasteiger partial charge in [0.2, 0.25) is 5.91 Å². The second-order valence-electron chi connectivity index (χ2n) is 5.41. The zero-order chi connectivity index (χ0) is 15.6. The minimum Gasteiger partial charge on any atom is -0.297 e. The Morgan fingerprint density at radius 1 is 1.09 bits per heavy atom. The van der Waals surface area contributed by atoms with Crippen molar-refractivity contribution in [2.75, 3.05) is 11.4 Å². The molecule has 0 bridgehead atoms. The maximum atomic E-state index is 11.9. The lowest BCUT2D eigenvalue weighted by atomic mass is 10.2. The monoisotopic (exact) mass is 305 g/mol. The molecule has 23 heavy (non-hydrogen) atoms. The number of hydrogen-bond donors (Lipinski definition) is 0. The largest absolute Gasteiger partial charge is 0.297 e. The Morgan fingerprint density at radius 2 is 2.04 bits per heavy atom. The minimum absolute atomic E-state index is 0.140. The molecule has 1 aliphatic rings. The molecule has 6 nitrogen and oxygen atoms in total. The summed E-state index contributed by atoms with van der Waals surface area (Å²) < 4.78 is 1.76. The van der Waals surface area contributed by atoms with Gasteiger partial charge in [0.05, 0.1) is 23.8 Å². The van der Waals surface area contributed by atoms with Gasteiger partial charge in [-0.1, -0.05) is 6.07 Å². The maximum absolute atomic E-state index is 11.9. The number of anilines is 1. The van der Waals surface area contributed by atoms with Gasteiger partial charge in [-0.2, -0.15) is 5.10 Å². The summed E-state index contributed by atoms with van der Waals surface area (Å²) in [6, 6.07) is 9.53. The lowest BCUT2D eigenvalue weighted by molar-refractivity contribution is -0.117. The summed E-state index contributed by atoms with van der Waals surface area (Å²) in [7, 11) is 0. The summed E-state index contributed by atoms with van der Waals surface area (Å²) in [5, 5.41) is 4.36. The van der Waals surface area contributed by atoms with Crippen molar-refractivity contribution in [3.05, 3.63) is 55.1 Å². The standard InChI is InChI=1S/C17H15N5O/c23-17-7-3-9-21(17)16-6-1-5-15(20-16)13-10-19-22(12-13)14-4-2-8-18-11-14/h1-2,4-6,8,10-12H,3,7,9H2. The molecule has 4 heterocycles. The van der Waals surface area contributed by atoms with E-state index in [-0.39, 0.29) is 5.91 Å². The highest BCUT2D eigenvalue weighted by Gasteiger charge is 2.22. The normalized spacial score (nSPS) is 14.4. The maximum Gasteiger partial charge on any atom is 0.228 e. The molecule has 1 amide bonds. The molecule has 1 fully saturated rings. The predicted octanol–water partition coefficient (Wildman–Crippen LogP) is 2.46. The van der Waals surface area contributed by atoms with Crippen LogP contribution in [0, 0.1) is 0 Å². The van der Waals surface area contributed by atoms with Crippen LogP contribution in [0.15, 0.2) is 55.1 Å². The van der Waals surface area contributed by atoms with Crippen molar-refractivity contribution in [3.63, 3.8) is 0 Å². The quantitative estimate of drug-likeness (QED) is 0.745. The van der Waals surface area contributed by atoms with Gasteiger partial charge in [0.15, 0.2) is 0 Å². The van der Waals surface area contributed by atoms with Crippen LogP contribution in [0.2, 0.25) is 0 Å². The van der Waals surface area contributed by atoms with E-state index < -0.39 is 0 Å². The third-order valence-corrected chi connectivity index (χ3v) is 3.87. The summed E-state index contributed by atoms with van der Waals surface area (Å²) in [6.45, 7) is 0.740. The second kappa shape index (κ2) is 5.64. The molecule has 0 radical (unpaired) electrons. The van der Waals surface area contributed by atoms with Crippen molar-refractivity contribution in [1.82, 2.24) is 19.7 Å². The molecule has 0 N–H and O–H groups in total. The summed E-state index contributed by atoms with van der Waals surface area (Å²) >= 11 is 0. The lowest BCUT2D eigenvalue weighted by Crippen LogP contribution is -2.24.